The third-order valence-corrected chi connectivity index (χ3v) is 3.87. The van der Waals surface area contributed by atoms with Crippen LogP contribution in [0.3, 0.4) is 0 Å². The van der Waals surface area contributed by atoms with Crippen LogP contribution < -0.4 is 5.73 Å². The Morgan fingerprint density at radius 1 is 1.14 bits per heavy atom. The van der Waals surface area contributed by atoms with Crippen molar-refractivity contribution in [2.45, 2.75) is 25.8 Å². The molecule has 0 spiro atoms. The highest BCUT2D eigenvalue weighted by molar-refractivity contribution is 5.84. The van der Waals surface area contributed by atoms with Crippen LogP contribution in [0, 0.1) is 0 Å². The van der Waals surface area contributed by atoms with Crippen LogP contribution in [0.1, 0.15) is 24.1 Å². The van der Waals surface area contributed by atoms with Gasteiger partial charge in [-0.1, -0.05) is 18.2 Å². The molecule has 1 aromatic carbocycles. The molecule has 0 saturated heterocycles. The number of aryl methyl sites for hydroxylation is 2. The first kappa shape index (κ1) is 13.9. The average Bonchev–Trinajstić information content (AvgIpc) is 3.05. The molecule has 4 nitrogen and oxygen atoms in total. The Morgan fingerprint density at radius 3 is 2.76 bits per heavy atom. The van der Waals surface area contributed by atoms with E-state index in [1.807, 2.05) is 17.9 Å². The molecule has 2 heterocycles. The summed E-state index contributed by atoms with van der Waals surface area (Å²) >= 11 is 0. The zero-order valence-electron chi connectivity index (χ0n) is 12.5. The molecule has 0 saturated carbocycles. The molecule has 110 valence electrons. The monoisotopic (exact) mass is 282 g/mol. The molecular weight excluding hydrogens is 260 g/mol. The summed E-state index contributed by atoms with van der Waals surface area (Å²) in [5.74, 6) is 0. The minimum atomic E-state index is 0.770. The summed E-state index contributed by atoms with van der Waals surface area (Å²) in [6, 6.07) is 10.7. The third-order valence-electron chi connectivity index (χ3n) is 3.87. The Hall–Kier alpha value is -2.07. The quantitative estimate of drug-likeness (QED) is 0.707. The summed E-state index contributed by atoms with van der Waals surface area (Å²) in [4.78, 5) is 0. The number of aromatic nitrogens is 3. The number of unbranched alkanes of at least 4 members (excludes halogenated alkanes) is 1. The molecule has 0 aliphatic heterocycles. The van der Waals surface area contributed by atoms with Crippen LogP contribution in [0.15, 0.2) is 42.7 Å². The van der Waals surface area contributed by atoms with Gasteiger partial charge >= 0.3 is 0 Å². The van der Waals surface area contributed by atoms with E-state index in [1.54, 1.807) is 0 Å². The highest BCUT2D eigenvalue weighted by Crippen LogP contribution is 2.23. The molecule has 2 N–H and O–H groups in total. The first-order valence-corrected chi connectivity index (χ1v) is 7.53. The van der Waals surface area contributed by atoms with Gasteiger partial charge in [-0.2, -0.15) is 5.10 Å². The van der Waals surface area contributed by atoms with Gasteiger partial charge in [-0.25, -0.2) is 0 Å². The van der Waals surface area contributed by atoms with Crippen molar-refractivity contribution in [1.29, 1.82) is 0 Å². The van der Waals surface area contributed by atoms with E-state index in [2.05, 4.69) is 46.2 Å². The molecule has 0 fully saturated rings. The molecular formula is C17H22N4. The Morgan fingerprint density at radius 2 is 2.00 bits per heavy atom. The lowest BCUT2D eigenvalue weighted by atomic mass is 10.1. The van der Waals surface area contributed by atoms with Crippen LogP contribution in [0.25, 0.3) is 10.9 Å². The molecule has 4 heteroatoms. The van der Waals surface area contributed by atoms with Gasteiger partial charge in [0, 0.05) is 30.3 Å². The Balaban J connectivity index is 1.90. The fourth-order valence-electron chi connectivity index (χ4n) is 2.83. The summed E-state index contributed by atoms with van der Waals surface area (Å²) in [6.07, 6.45) is 7.58. The molecule has 0 unspecified atom stereocenters. The molecule has 0 aliphatic rings. The molecule has 3 aromatic rings. The largest absolute Gasteiger partial charge is 0.341 e. The second kappa shape index (κ2) is 6.14. The van der Waals surface area contributed by atoms with Crippen molar-refractivity contribution in [3.63, 3.8) is 0 Å². The van der Waals surface area contributed by atoms with Crippen molar-refractivity contribution in [1.82, 2.24) is 14.3 Å². The van der Waals surface area contributed by atoms with Crippen molar-refractivity contribution in [2.75, 3.05) is 6.54 Å². The lowest BCUT2D eigenvalue weighted by Crippen LogP contribution is -2.00. The van der Waals surface area contributed by atoms with Crippen LogP contribution in [-0.4, -0.2) is 20.9 Å². The van der Waals surface area contributed by atoms with Gasteiger partial charge in [-0.15, -0.1) is 0 Å². The number of rotatable bonds is 6. The van der Waals surface area contributed by atoms with E-state index in [-0.39, 0.29) is 0 Å². The molecule has 2 aromatic heterocycles. The van der Waals surface area contributed by atoms with Gasteiger partial charge in [0.1, 0.15) is 0 Å². The van der Waals surface area contributed by atoms with Gasteiger partial charge in [0.05, 0.1) is 12.2 Å². The number of hydrogen-bond donors (Lipinski definition) is 1. The summed E-state index contributed by atoms with van der Waals surface area (Å²) in [5.41, 5.74) is 9.38. The molecule has 0 aliphatic carbocycles. The summed E-state index contributed by atoms with van der Waals surface area (Å²) in [7, 11) is 1.95. The van der Waals surface area contributed by atoms with Crippen molar-refractivity contribution >= 4 is 10.9 Å². The summed E-state index contributed by atoms with van der Waals surface area (Å²) < 4.78 is 4.15. The lowest BCUT2D eigenvalue weighted by Gasteiger charge is -2.02. The fraction of sp³-hybridized carbons (Fsp3) is 0.353. The van der Waals surface area contributed by atoms with Gasteiger partial charge in [0.15, 0.2) is 0 Å². The number of fused-ring (bicyclic) bond motifs is 1. The third kappa shape index (κ3) is 3.00. The minimum absolute atomic E-state index is 0.770. The van der Waals surface area contributed by atoms with E-state index in [0.717, 1.165) is 38.0 Å². The van der Waals surface area contributed by atoms with Crippen molar-refractivity contribution in [2.24, 2.45) is 12.8 Å². The van der Waals surface area contributed by atoms with E-state index in [9.17, 15) is 0 Å². The van der Waals surface area contributed by atoms with Crippen molar-refractivity contribution in [3.8, 4) is 0 Å². The van der Waals surface area contributed by atoms with E-state index in [0.29, 0.717) is 0 Å². The molecule has 21 heavy (non-hydrogen) atoms. The van der Waals surface area contributed by atoms with Crippen LogP contribution in [-0.2, 0) is 20.0 Å². The zero-order chi connectivity index (χ0) is 14.7. The molecule has 0 radical (unpaired) electrons. The van der Waals surface area contributed by atoms with Gasteiger partial charge in [0.2, 0.25) is 0 Å². The Bertz CT molecular complexity index is 723. The smallest absolute Gasteiger partial charge is 0.0821 e. The maximum absolute atomic E-state index is 5.60. The normalized spacial score (nSPS) is 11.3. The first-order valence-electron chi connectivity index (χ1n) is 7.53. The predicted molar refractivity (Wildman–Crippen MR) is 86.2 cm³/mol. The first-order chi connectivity index (χ1) is 10.3. The van der Waals surface area contributed by atoms with Gasteiger partial charge in [-0.05, 0) is 43.5 Å². The zero-order valence-corrected chi connectivity index (χ0v) is 12.5. The second-order valence-electron chi connectivity index (χ2n) is 5.53. The standard InChI is InChI=1S/C17H22N4/c1-20-11-9-15(19-20)13-21-12-14(6-4-5-10-18)16-7-2-3-8-17(16)21/h2-3,7-9,11-12H,4-6,10,13,18H2,1H3. The SMILES string of the molecule is Cn1ccc(Cn2cc(CCCCN)c3ccccc32)n1. The number of benzene rings is 1. The molecule has 3 rings (SSSR count). The molecule has 0 bridgehead atoms. The molecule has 0 amide bonds. The van der Waals surface area contributed by atoms with Crippen LogP contribution >= 0.6 is 0 Å². The van der Waals surface area contributed by atoms with Crippen LogP contribution in [0.5, 0.6) is 0 Å². The van der Waals surface area contributed by atoms with Crippen molar-refractivity contribution in [3.05, 3.63) is 54.0 Å². The topological polar surface area (TPSA) is 48.8 Å². The number of para-hydroxylation sites is 1. The number of nitrogens with two attached hydrogens (primary N) is 1. The Kier molecular flexibility index (Phi) is 4.06. The van der Waals surface area contributed by atoms with Gasteiger partial charge in [-0.3, -0.25) is 4.68 Å². The van der Waals surface area contributed by atoms with Gasteiger partial charge < -0.3 is 10.3 Å². The number of hydrogen-bond acceptors (Lipinski definition) is 2. The van der Waals surface area contributed by atoms with Crippen molar-refractivity contribution < 1.29 is 0 Å². The fourth-order valence-corrected chi connectivity index (χ4v) is 2.83. The van der Waals surface area contributed by atoms with E-state index < -0.39 is 0 Å². The maximum Gasteiger partial charge on any atom is 0.0821 e. The highest BCUT2D eigenvalue weighted by Gasteiger charge is 2.09. The summed E-state index contributed by atoms with van der Waals surface area (Å²) in [5, 5.41) is 5.83. The average molecular weight is 282 g/mol. The maximum atomic E-state index is 5.60. The van der Waals surface area contributed by atoms with Crippen LogP contribution in [0.2, 0.25) is 0 Å². The summed E-state index contributed by atoms with van der Waals surface area (Å²) in [6.45, 7) is 1.59. The van der Waals surface area contributed by atoms with E-state index in [4.69, 9.17) is 5.73 Å². The Labute approximate surface area is 125 Å². The molecule has 0 atom stereocenters. The van der Waals surface area contributed by atoms with Crippen LogP contribution in [0.4, 0.5) is 0 Å². The van der Waals surface area contributed by atoms with E-state index >= 15 is 0 Å². The minimum Gasteiger partial charge on any atom is -0.341 e. The predicted octanol–water partition coefficient (Wildman–Crippen LogP) is 2.70. The highest BCUT2D eigenvalue weighted by atomic mass is 15.3. The number of nitrogens with zero attached hydrogens (tertiary/aromatic N) is 3. The van der Waals surface area contributed by atoms with E-state index in [1.165, 1.54) is 16.5 Å². The second-order valence-corrected chi connectivity index (χ2v) is 5.53. The van der Waals surface area contributed by atoms with Gasteiger partial charge in [0.25, 0.3) is 0 Å². The lowest BCUT2D eigenvalue weighted by molar-refractivity contribution is 0.712.